The van der Waals surface area contributed by atoms with Gasteiger partial charge in [-0.1, -0.05) is 0 Å². The summed E-state index contributed by atoms with van der Waals surface area (Å²) in [7, 11) is 1.75. The van der Waals surface area contributed by atoms with Gasteiger partial charge in [0, 0.05) is 31.7 Å². The van der Waals surface area contributed by atoms with Crippen molar-refractivity contribution in [2.24, 2.45) is 5.73 Å². The van der Waals surface area contributed by atoms with Crippen molar-refractivity contribution in [1.29, 1.82) is 0 Å². The molecule has 7 heteroatoms. The van der Waals surface area contributed by atoms with Crippen LogP contribution >= 0.6 is 11.3 Å². The molecule has 0 bridgehead atoms. The summed E-state index contributed by atoms with van der Waals surface area (Å²) >= 11 is 1.58. The first-order valence-electron chi connectivity index (χ1n) is 5.98. The summed E-state index contributed by atoms with van der Waals surface area (Å²) in [5.41, 5.74) is 6.79. The summed E-state index contributed by atoms with van der Waals surface area (Å²) in [6.45, 7) is 3.63. The van der Waals surface area contributed by atoms with Crippen LogP contribution in [-0.4, -0.2) is 38.9 Å². The molecule has 2 rings (SSSR count). The average molecular weight is 279 g/mol. The van der Waals surface area contributed by atoms with Gasteiger partial charge in [-0.05, 0) is 6.92 Å². The topological polar surface area (TPSA) is 77.0 Å². The molecule has 6 nitrogen and oxygen atoms in total. The predicted octanol–water partition coefficient (Wildman–Crippen LogP) is 0.879. The number of carbonyl (C=O) groups excluding carboxylic acids is 1. The minimum Gasteiger partial charge on any atom is -0.335 e. The fourth-order valence-electron chi connectivity index (χ4n) is 1.73. The molecule has 0 saturated heterocycles. The Morgan fingerprint density at radius 3 is 3.00 bits per heavy atom. The second-order valence-electron chi connectivity index (χ2n) is 4.30. The van der Waals surface area contributed by atoms with E-state index in [1.807, 2.05) is 16.9 Å². The van der Waals surface area contributed by atoms with Gasteiger partial charge < -0.3 is 15.2 Å². The molecule has 2 heterocycles. The Bertz CT molecular complexity index is 562. The summed E-state index contributed by atoms with van der Waals surface area (Å²) in [5, 5.41) is 2.97. The lowest BCUT2D eigenvalue weighted by Gasteiger charge is -2.14. The minimum atomic E-state index is -0.110. The molecule has 0 aliphatic rings. The number of hydrogen-bond acceptors (Lipinski definition) is 5. The number of aryl methyl sites for hydroxylation is 1. The first-order chi connectivity index (χ1) is 9.10. The molecular weight excluding hydrogens is 262 g/mol. The van der Waals surface area contributed by atoms with Gasteiger partial charge in [-0.3, -0.25) is 4.79 Å². The van der Waals surface area contributed by atoms with Gasteiger partial charge >= 0.3 is 0 Å². The summed E-state index contributed by atoms with van der Waals surface area (Å²) in [4.78, 5) is 22.2. The number of thiazole rings is 1. The van der Waals surface area contributed by atoms with Crippen molar-refractivity contribution in [2.75, 3.05) is 13.6 Å². The second-order valence-corrected chi connectivity index (χ2v) is 5.37. The molecule has 0 atom stereocenters. The number of aromatic nitrogens is 3. The van der Waals surface area contributed by atoms with Crippen LogP contribution in [-0.2, 0) is 13.1 Å². The minimum absolute atomic E-state index is 0.110. The van der Waals surface area contributed by atoms with Gasteiger partial charge in [0.2, 0.25) is 0 Å². The Balaban J connectivity index is 2.01. The van der Waals surface area contributed by atoms with E-state index >= 15 is 0 Å². The Labute approximate surface area is 115 Å². The van der Waals surface area contributed by atoms with E-state index in [2.05, 4.69) is 9.97 Å². The lowest BCUT2D eigenvalue weighted by molar-refractivity contribution is 0.0778. The molecule has 0 spiro atoms. The molecular formula is C12H17N5OS. The number of hydrogen-bond donors (Lipinski definition) is 1. The smallest absolute Gasteiger partial charge is 0.274 e. The molecule has 102 valence electrons. The second kappa shape index (κ2) is 5.94. The van der Waals surface area contributed by atoms with Crippen LogP contribution in [0.1, 0.15) is 21.2 Å². The summed E-state index contributed by atoms with van der Waals surface area (Å²) in [5.74, 6) is -0.110. The SMILES string of the molecule is Cc1nc(CN(C)C(=O)c2cn(CCN)cn2)cs1. The lowest BCUT2D eigenvalue weighted by atomic mass is 10.3. The van der Waals surface area contributed by atoms with Crippen molar-refractivity contribution in [3.8, 4) is 0 Å². The van der Waals surface area contributed by atoms with E-state index < -0.39 is 0 Å². The summed E-state index contributed by atoms with van der Waals surface area (Å²) in [6.07, 6.45) is 3.35. The van der Waals surface area contributed by atoms with Gasteiger partial charge in [0.05, 0.1) is 23.6 Å². The summed E-state index contributed by atoms with van der Waals surface area (Å²) in [6, 6.07) is 0. The van der Waals surface area contributed by atoms with Crippen LogP contribution in [0.3, 0.4) is 0 Å². The highest BCUT2D eigenvalue weighted by Crippen LogP contribution is 2.11. The predicted molar refractivity (Wildman–Crippen MR) is 73.9 cm³/mol. The molecule has 0 saturated carbocycles. The maximum Gasteiger partial charge on any atom is 0.274 e. The van der Waals surface area contributed by atoms with Gasteiger partial charge in [-0.25, -0.2) is 9.97 Å². The Kier molecular flexibility index (Phi) is 4.28. The van der Waals surface area contributed by atoms with Crippen LogP contribution in [0.15, 0.2) is 17.9 Å². The van der Waals surface area contributed by atoms with Crippen LogP contribution in [0.4, 0.5) is 0 Å². The Hall–Kier alpha value is -1.73. The molecule has 0 aromatic carbocycles. The van der Waals surface area contributed by atoms with Crippen LogP contribution in [0.2, 0.25) is 0 Å². The van der Waals surface area contributed by atoms with E-state index in [1.54, 1.807) is 35.8 Å². The number of amides is 1. The largest absolute Gasteiger partial charge is 0.335 e. The average Bonchev–Trinajstić information content (AvgIpc) is 2.98. The molecule has 0 radical (unpaired) electrons. The fourth-order valence-corrected chi connectivity index (χ4v) is 2.34. The number of nitrogens with two attached hydrogens (primary N) is 1. The molecule has 2 aromatic heterocycles. The highest BCUT2D eigenvalue weighted by molar-refractivity contribution is 7.09. The van der Waals surface area contributed by atoms with E-state index in [9.17, 15) is 4.79 Å². The van der Waals surface area contributed by atoms with Crippen LogP contribution in [0, 0.1) is 6.92 Å². The third-order valence-corrected chi connectivity index (χ3v) is 3.47. The molecule has 0 unspecified atom stereocenters. The van der Waals surface area contributed by atoms with Crippen molar-refractivity contribution < 1.29 is 4.79 Å². The molecule has 19 heavy (non-hydrogen) atoms. The highest BCUT2D eigenvalue weighted by Gasteiger charge is 2.15. The van der Waals surface area contributed by atoms with E-state index in [4.69, 9.17) is 5.73 Å². The highest BCUT2D eigenvalue weighted by atomic mass is 32.1. The monoisotopic (exact) mass is 279 g/mol. The van der Waals surface area contributed by atoms with Crippen LogP contribution < -0.4 is 5.73 Å². The van der Waals surface area contributed by atoms with Crippen LogP contribution in [0.25, 0.3) is 0 Å². The quantitative estimate of drug-likeness (QED) is 0.881. The zero-order valence-electron chi connectivity index (χ0n) is 11.0. The first-order valence-corrected chi connectivity index (χ1v) is 6.86. The maximum absolute atomic E-state index is 12.2. The zero-order chi connectivity index (χ0) is 13.8. The van der Waals surface area contributed by atoms with Gasteiger partial charge in [0.25, 0.3) is 5.91 Å². The van der Waals surface area contributed by atoms with E-state index in [-0.39, 0.29) is 5.91 Å². The first kappa shape index (κ1) is 13.7. The van der Waals surface area contributed by atoms with Gasteiger partial charge in [-0.15, -0.1) is 11.3 Å². The summed E-state index contributed by atoms with van der Waals surface area (Å²) < 4.78 is 1.81. The Morgan fingerprint density at radius 1 is 1.58 bits per heavy atom. The number of rotatable bonds is 5. The number of imidazole rings is 1. The Morgan fingerprint density at radius 2 is 2.37 bits per heavy atom. The zero-order valence-corrected chi connectivity index (χ0v) is 11.9. The normalized spacial score (nSPS) is 10.7. The van der Waals surface area contributed by atoms with E-state index in [0.29, 0.717) is 25.3 Å². The van der Waals surface area contributed by atoms with Crippen LogP contribution in [0.5, 0.6) is 0 Å². The van der Waals surface area contributed by atoms with Crippen molar-refractivity contribution in [3.63, 3.8) is 0 Å². The third-order valence-electron chi connectivity index (χ3n) is 2.65. The molecule has 1 amide bonds. The van der Waals surface area contributed by atoms with Gasteiger partial charge in [0.15, 0.2) is 0 Å². The lowest BCUT2D eigenvalue weighted by Crippen LogP contribution is -2.26. The molecule has 0 aliphatic carbocycles. The van der Waals surface area contributed by atoms with Crippen molar-refractivity contribution >= 4 is 17.2 Å². The van der Waals surface area contributed by atoms with Crippen molar-refractivity contribution in [3.05, 3.63) is 34.3 Å². The molecule has 0 fully saturated rings. The number of carbonyl (C=O) groups is 1. The van der Waals surface area contributed by atoms with Gasteiger partial charge in [0.1, 0.15) is 5.69 Å². The maximum atomic E-state index is 12.2. The standard InChI is InChI=1S/C12H17N5OS/c1-9-15-10(7-19-9)5-16(2)12(18)11-6-17(4-3-13)8-14-11/h6-8H,3-5,13H2,1-2H3. The molecule has 0 aliphatic heterocycles. The number of nitrogens with zero attached hydrogens (tertiary/aromatic N) is 4. The van der Waals surface area contributed by atoms with Gasteiger partial charge in [-0.2, -0.15) is 0 Å². The molecule has 2 aromatic rings. The van der Waals surface area contributed by atoms with Crippen molar-refractivity contribution in [1.82, 2.24) is 19.4 Å². The van der Waals surface area contributed by atoms with Crippen molar-refractivity contribution in [2.45, 2.75) is 20.0 Å². The third kappa shape index (κ3) is 3.39. The van der Waals surface area contributed by atoms with E-state index in [1.165, 1.54) is 0 Å². The van der Waals surface area contributed by atoms with E-state index in [0.717, 1.165) is 10.7 Å². The molecule has 2 N–H and O–H groups in total. The fraction of sp³-hybridized carbons (Fsp3) is 0.417.